The number of halogens is 1. The zero-order valence-corrected chi connectivity index (χ0v) is 10.8. The molecule has 0 bridgehead atoms. The van der Waals surface area contributed by atoms with Crippen LogP contribution in [-0.4, -0.2) is 24.8 Å². The van der Waals surface area contributed by atoms with Gasteiger partial charge in [-0.15, -0.1) is 0 Å². The Hall–Kier alpha value is -0.420. The van der Waals surface area contributed by atoms with Crippen LogP contribution >= 0.6 is 15.9 Å². The second-order valence-corrected chi connectivity index (χ2v) is 4.90. The van der Waals surface area contributed by atoms with E-state index in [-0.39, 0.29) is 6.04 Å². The Labute approximate surface area is 105 Å². The molecule has 0 aliphatic carbocycles. The standard InChI is InChI=1S/C12H17BrN2O/c13-11-5-3-10(4-6-11)12(9-14)15-7-1-2-8-16-15/h3-6,12H,1-2,7-9,14H2. The van der Waals surface area contributed by atoms with Gasteiger partial charge in [-0.2, -0.15) is 5.06 Å². The molecule has 1 aliphatic rings. The molecule has 0 aromatic heterocycles. The van der Waals surface area contributed by atoms with Crippen LogP contribution in [0.3, 0.4) is 0 Å². The summed E-state index contributed by atoms with van der Waals surface area (Å²) < 4.78 is 1.09. The molecule has 1 aliphatic heterocycles. The molecule has 1 aromatic rings. The molecule has 1 saturated heterocycles. The molecule has 1 atom stereocenters. The van der Waals surface area contributed by atoms with Gasteiger partial charge in [-0.1, -0.05) is 28.1 Å². The maximum absolute atomic E-state index is 5.84. The smallest absolute Gasteiger partial charge is 0.0724 e. The lowest BCUT2D eigenvalue weighted by Gasteiger charge is -2.33. The van der Waals surface area contributed by atoms with Gasteiger partial charge < -0.3 is 5.73 Å². The minimum absolute atomic E-state index is 0.174. The molecule has 1 unspecified atom stereocenters. The first-order valence-corrected chi connectivity index (χ1v) is 6.45. The van der Waals surface area contributed by atoms with E-state index < -0.39 is 0 Å². The third kappa shape index (κ3) is 2.83. The minimum atomic E-state index is 0.174. The first kappa shape index (κ1) is 12.0. The van der Waals surface area contributed by atoms with Crippen molar-refractivity contribution in [3.8, 4) is 0 Å². The minimum Gasteiger partial charge on any atom is -0.329 e. The molecular formula is C12H17BrN2O. The highest BCUT2D eigenvalue weighted by molar-refractivity contribution is 9.10. The molecule has 1 fully saturated rings. The van der Waals surface area contributed by atoms with Crippen molar-refractivity contribution in [1.29, 1.82) is 0 Å². The van der Waals surface area contributed by atoms with E-state index >= 15 is 0 Å². The number of hydroxylamine groups is 2. The molecule has 0 saturated carbocycles. The fourth-order valence-corrected chi connectivity index (χ4v) is 2.23. The van der Waals surface area contributed by atoms with Crippen molar-refractivity contribution in [2.24, 2.45) is 5.73 Å². The molecule has 2 N–H and O–H groups in total. The molecule has 0 spiro atoms. The molecule has 3 nitrogen and oxygen atoms in total. The van der Waals surface area contributed by atoms with E-state index in [1.165, 1.54) is 12.0 Å². The Balaban J connectivity index is 2.11. The lowest BCUT2D eigenvalue weighted by atomic mass is 10.1. The average molecular weight is 285 g/mol. The van der Waals surface area contributed by atoms with Crippen molar-refractivity contribution < 1.29 is 4.84 Å². The third-order valence-corrected chi connectivity index (χ3v) is 3.38. The van der Waals surface area contributed by atoms with Crippen LogP contribution in [-0.2, 0) is 4.84 Å². The highest BCUT2D eigenvalue weighted by atomic mass is 79.9. The van der Waals surface area contributed by atoms with E-state index in [0.29, 0.717) is 6.54 Å². The Kier molecular flexibility index (Phi) is 4.35. The summed E-state index contributed by atoms with van der Waals surface area (Å²) in [5.74, 6) is 0. The zero-order chi connectivity index (χ0) is 11.4. The summed E-state index contributed by atoms with van der Waals surface area (Å²) in [7, 11) is 0. The van der Waals surface area contributed by atoms with Crippen molar-refractivity contribution in [3.05, 3.63) is 34.3 Å². The monoisotopic (exact) mass is 284 g/mol. The Morgan fingerprint density at radius 1 is 1.31 bits per heavy atom. The second kappa shape index (κ2) is 5.77. The number of hydrogen-bond acceptors (Lipinski definition) is 3. The summed E-state index contributed by atoms with van der Waals surface area (Å²) in [5, 5.41) is 2.02. The van der Waals surface area contributed by atoms with E-state index in [9.17, 15) is 0 Å². The first-order chi connectivity index (χ1) is 7.81. The van der Waals surface area contributed by atoms with E-state index in [0.717, 1.165) is 24.0 Å². The van der Waals surface area contributed by atoms with Crippen LogP contribution < -0.4 is 5.73 Å². The molecule has 88 valence electrons. The van der Waals surface area contributed by atoms with E-state index in [4.69, 9.17) is 10.6 Å². The van der Waals surface area contributed by atoms with Gasteiger partial charge in [0.2, 0.25) is 0 Å². The van der Waals surface area contributed by atoms with Gasteiger partial charge in [-0.25, -0.2) is 0 Å². The molecular weight excluding hydrogens is 268 g/mol. The van der Waals surface area contributed by atoms with Gasteiger partial charge in [0.1, 0.15) is 0 Å². The van der Waals surface area contributed by atoms with Crippen LogP contribution in [0.5, 0.6) is 0 Å². The number of nitrogens with zero attached hydrogens (tertiary/aromatic N) is 1. The van der Waals surface area contributed by atoms with Gasteiger partial charge in [0.25, 0.3) is 0 Å². The van der Waals surface area contributed by atoms with E-state index in [2.05, 4.69) is 28.1 Å². The van der Waals surface area contributed by atoms with Crippen LogP contribution in [0.1, 0.15) is 24.4 Å². The lowest BCUT2D eigenvalue weighted by molar-refractivity contribution is -0.206. The molecule has 16 heavy (non-hydrogen) atoms. The Bertz CT molecular complexity index is 322. The maximum atomic E-state index is 5.84. The van der Waals surface area contributed by atoms with Gasteiger partial charge in [-0.05, 0) is 30.5 Å². The Morgan fingerprint density at radius 3 is 2.62 bits per heavy atom. The SMILES string of the molecule is NCC(c1ccc(Br)cc1)N1CCCCO1. The van der Waals surface area contributed by atoms with Crippen LogP contribution in [0.2, 0.25) is 0 Å². The molecule has 0 radical (unpaired) electrons. The van der Waals surface area contributed by atoms with Crippen LogP contribution in [0, 0.1) is 0 Å². The van der Waals surface area contributed by atoms with Gasteiger partial charge in [0.05, 0.1) is 12.6 Å². The zero-order valence-electron chi connectivity index (χ0n) is 9.23. The van der Waals surface area contributed by atoms with E-state index in [1.54, 1.807) is 0 Å². The van der Waals surface area contributed by atoms with Crippen LogP contribution in [0.25, 0.3) is 0 Å². The van der Waals surface area contributed by atoms with Crippen molar-refractivity contribution in [2.45, 2.75) is 18.9 Å². The highest BCUT2D eigenvalue weighted by Gasteiger charge is 2.21. The molecule has 2 rings (SSSR count). The van der Waals surface area contributed by atoms with Crippen LogP contribution in [0.15, 0.2) is 28.7 Å². The van der Waals surface area contributed by atoms with Crippen LogP contribution in [0.4, 0.5) is 0 Å². The number of benzene rings is 1. The fraction of sp³-hybridized carbons (Fsp3) is 0.500. The Morgan fingerprint density at radius 2 is 2.06 bits per heavy atom. The normalized spacial score (nSPS) is 19.6. The predicted molar refractivity (Wildman–Crippen MR) is 67.8 cm³/mol. The van der Waals surface area contributed by atoms with Gasteiger partial charge >= 0.3 is 0 Å². The van der Waals surface area contributed by atoms with Crippen molar-refractivity contribution in [1.82, 2.24) is 5.06 Å². The van der Waals surface area contributed by atoms with Gasteiger partial charge in [-0.3, -0.25) is 4.84 Å². The molecule has 0 amide bonds. The van der Waals surface area contributed by atoms with E-state index in [1.807, 2.05) is 17.2 Å². The third-order valence-electron chi connectivity index (χ3n) is 2.86. The lowest BCUT2D eigenvalue weighted by Crippen LogP contribution is -2.37. The first-order valence-electron chi connectivity index (χ1n) is 5.66. The topological polar surface area (TPSA) is 38.5 Å². The predicted octanol–water partition coefficient (Wildman–Crippen LogP) is 2.48. The van der Waals surface area contributed by atoms with Gasteiger partial charge in [0, 0.05) is 17.6 Å². The number of rotatable bonds is 3. The fourth-order valence-electron chi connectivity index (χ4n) is 1.97. The highest BCUT2D eigenvalue weighted by Crippen LogP contribution is 2.24. The van der Waals surface area contributed by atoms with Crippen molar-refractivity contribution >= 4 is 15.9 Å². The van der Waals surface area contributed by atoms with Gasteiger partial charge in [0.15, 0.2) is 0 Å². The summed E-state index contributed by atoms with van der Waals surface area (Å²) >= 11 is 3.44. The number of hydrogen-bond donors (Lipinski definition) is 1. The second-order valence-electron chi connectivity index (χ2n) is 3.98. The summed E-state index contributed by atoms with van der Waals surface area (Å²) in [4.78, 5) is 5.66. The molecule has 1 aromatic carbocycles. The summed E-state index contributed by atoms with van der Waals surface area (Å²) in [6.07, 6.45) is 2.33. The number of nitrogens with two attached hydrogens (primary N) is 1. The summed E-state index contributed by atoms with van der Waals surface area (Å²) in [6, 6.07) is 8.46. The quantitative estimate of drug-likeness (QED) is 0.927. The van der Waals surface area contributed by atoms with Crippen molar-refractivity contribution in [2.75, 3.05) is 19.7 Å². The van der Waals surface area contributed by atoms with Crippen molar-refractivity contribution in [3.63, 3.8) is 0 Å². The summed E-state index contributed by atoms with van der Waals surface area (Å²) in [6.45, 7) is 2.37. The molecule has 4 heteroatoms. The average Bonchev–Trinajstić information content (AvgIpc) is 2.34. The maximum Gasteiger partial charge on any atom is 0.0724 e. The summed E-state index contributed by atoms with van der Waals surface area (Å²) in [5.41, 5.74) is 7.06. The largest absolute Gasteiger partial charge is 0.329 e. The molecule has 1 heterocycles.